The molecule has 9 nitrogen and oxygen atoms in total. The smallest absolute Gasteiger partial charge is 0.278 e. The summed E-state index contributed by atoms with van der Waals surface area (Å²) in [6.07, 6.45) is 1.37. The van der Waals surface area contributed by atoms with Gasteiger partial charge < -0.3 is 15.1 Å². The van der Waals surface area contributed by atoms with Crippen LogP contribution in [0.25, 0.3) is 16.6 Å². The topological polar surface area (TPSA) is 88.3 Å². The molecule has 1 amide bonds. The predicted molar refractivity (Wildman–Crippen MR) is 138 cm³/mol. The van der Waals surface area contributed by atoms with Crippen molar-refractivity contribution in [1.29, 1.82) is 0 Å². The summed E-state index contributed by atoms with van der Waals surface area (Å²) in [6, 6.07) is 9.06. The molecule has 0 radical (unpaired) electrons. The second-order valence-electron chi connectivity index (χ2n) is 9.24. The number of hydrogen-bond donors (Lipinski definition) is 1. The van der Waals surface area contributed by atoms with E-state index in [0.717, 1.165) is 57.1 Å². The molecule has 1 fully saturated rings. The van der Waals surface area contributed by atoms with Crippen LogP contribution < -0.4 is 10.9 Å². The summed E-state index contributed by atoms with van der Waals surface area (Å²) in [5.74, 6) is -0.162. The fraction of sp³-hybridized carbons (Fsp3) is 0.538. The molecule has 1 saturated heterocycles. The maximum absolute atomic E-state index is 13.5. The van der Waals surface area contributed by atoms with Crippen molar-refractivity contribution < 1.29 is 4.79 Å². The molecule has 9 heteroatoms. The van der Waals surface area contributed by atoms with Gasteiger partial charge in [0, 0.05) is 32.7 Å². The number of carbonyl (C=O) groups is 1. The molecule has 1 aliphatic heterocycles. The van der Waals surface area contributed by atoms with Crippen LogP contribution in [-0.2, 0) is 4.79 Å². The first-order valence-electron chi connectivity index (χ1n) is 12.7. The number of likely N-dealkylation sites (N-methyl/N-ethyl adjacent to an activating group) is 1. The maximum Gasteiger partial charge on any atom is 0.278 e. The summed E-state index contributed by atoms with van der Waals surface area (Å²) in [5, 5.41) is 12.7. The molecule has 0 saturated carbocycles. The number of amides is 1. The quantitative estimate of drug-likeness (QED) is 0.474. The third-order valence-corrected chi connectivity index (χ3v) is 6.99. The first-order chi connectivity index (χ1) is 16.9. The first-order valence-corrected chi connectivity index (χ1v) is 12.7. The lowest BCUT2D eigenvalue weighted by atomic mass is 10.2. The summed E-state index contributed by atoms with van der Waals surface area (Å²) < 4.78 is 3.12. The monoisotopic (exact) mass is 479 g/mol. The lowest BCUT2D eigenvalue weighted by Gasteiger charge is -2.34. The minimum Gasteiger partial charge on any atom is -0.354 e. The van der Waals surface area contributed by atoms with Crippen molar-refractivity contribution in [3.63, 3.8) is 0 Å². The molecule has 3 aromatic rings. The number of hydrogen-bond acceptors (Lipinski definition) is 6. The molecule has 0 unspecified atom stereocenters. The van der Waals surface area contributed by atoms with Gasteiger partial charge in [-0.25, -0.2) is 9.36 Å². The van der Waals surface area contributed by atoms with Gasteiger partial charge >= 0.3 is 0 Å². The van der Waals surface area contributed by atoms with Crippen LogP contribution in [0.3, 0.4) is 0 Å². The Morgan fingerprint density at radius 1 is 1.03 bits per heavy atom. The van der Waals surface area contributed by atoms with Crippen LogP contribution in [0, 0.1) is 13.8 Å². The van der Waals surface area contributed by atoms with Gasteiger partial charge in [-0.1, -0.05) is 32.0 Å². The van der Waals surface area contributed by atoms with Crippen molar-refractivity contribution in [1.82, 2.24) is 34.7 Å². The van der Waals surface area contributed by atoms with Crippen molar-refractivity contribution in [2.45, 2.75) is 46.6 Å². The molecule has 35 heavy (non-hydrogen) atoms. The Balaban J connectivity index is 1.47. The number of rotatable bonds is 9. The largest absolute Gasteiger partial charge is 0.354 e. The van der Waals surface area contributed by atoms with Crippen LogP contribution in [0.5, 0.6) is 0 Å². The number of aryl methyl sites for hydroxylation is 2. The Hall–Kier alpha value is -3.04. The maximum atomic E-state index is 13.5. The summed E-state index contributed by atoms with van der Waals surface area (Å²) in [6.45, 7) is 14.9. The number of benzene rings is 1. The van der Waals surface area contributed by atoms with E-state index in [4.69, 9.17) is 0 Å². The second kappa shape index (κ2) is 11.1. The minimum atomic E-state index is -0.654. The Labute approximate surface area is 206 Å². The van der Waals surface area contributed by atoms with Gasteiger partial charge in [-0.15, -0.1) is 0 Å². The molecule has 0 aliphatic carbocycles. The first kappa shape index (κ1) is 25.1. The van der Waals surface area contributed by atoms with Crippen LogP contribution in [0.4, 0.5) is 0 Å². The number of carbonyl (C=O) groups excluding carboxylic acids is 1. The van der Waals surface area contributed by atoms with E-state index in [1.54, 1.807) is 4.68 Å². The van der Waals surface area contributed by atoms with Gasteiger partial charge in [0.25, 0.3) is 5.56 Å². The van der Waals surface area contributed by atoms with E-state index >= 15 is 0 Å². The lowest BCUT2D eigenvalue weighted by Crippen LogP contribution is -2.46. The number of para-hydroxylation sites is 1. The SMILES string of the molecule is CC[C@H](C(=O)NCCCN1CCN(CC)CC1)n1nc(C)c2nn(-c3ccccc3)c(C)c2c1=O. The van der Waals surface area contributed by atoms with E-state index in [1.807, 2.05) is 51.1 Å². The van der Waals surface area contributed by atoms with Gasteiger partial charge in [-0.3, -0.25) is 9.59 Å². The van der Waals surface area contributed by atoms with Gasteiger partial charge in [-0.2, -0.15) is 10.2 Å². The molecule has 1 atom stereocenters. The van der Waals surface area contributed by atoms with Crippen LogP contribution in [0.2, 0.25) is 0 Å². The highest BCUT2D eigenvalue weighted by atomic mass is 16.2. The molecule has 1 aromatic carbocycles. The molecular weight excluding hydrogens is 442 g/mol. The molecular formula is C26H37N7O2. The Morgan fingerprint density at radius 2 is 1.71 bits per heavy atom. The summed E-state index contributed by atoms with van der Waals surface area (Å²) in [7, 11) is 0. The summed E-state index contributed by atoms with van der Waals surface area (Å²) in [4.78, 5) is 31.5. The second-order valence-corrected chi connectivity index (χ2v) is 9.24. The van der Waals surface area contributed by atoms with Gasteiger partial charge in [0.15, 0.2) is 0 Å². The average Bonchev–Trinajstić information content (AvgIpc) is 3.24. The standard InChI is InChI=1S/C26H37N7O2/c1-5-22(25(34)27-13-10-14-31-17-15-30(6-2)16-18-31)33-26(35)23-20(4)32(21-11-8-7-9-12-21)29-24(23)19(3)28-33/h7-9,11-12,22H,5-6,10,13-18H2,1-4H3,(H,27,34)/t22-/m1/s1. The zero-order valence-electron chi connectivity index (χ0n) is 21.3. The molecule has 1 N–H and O–H groups in total. The van der Waals surface area contributed by atoms with E-state index in [2.05, 4.69) is 32.2 Å². The van der Waals surface area contributed by atoms with Gasteiger partial charge in [0.1, 0.15) is 11.6 Å². The number of aromatic nitrogens is 4. The highest BCUT2D eigenvalue weighted by Crippen LogP contribution is 2.21. The normalized spacial score (nSPS) is 16.0. The Kier molecular flexibility index (Phi) is 7.97. The molecule has 4 rings (SSSR count). The number of fused-ring (bicyclic) bond motifs is 1. The van der Waals surface area contributed by atoms with Crippen molar-refractivity contribution >= 4 is 16.8 Å². The predicted octanol–water partition coefficient (Wildman–Crippen LogP) is 2.29. The van der Waals surface area contributed by atoms with Crippen molar-refractivity contribution in [3.8, 4) is 5.69 Å². The Morgan fingerprint density at radius 3 is 2.37 bits per heavy atom. The van der Waals surface area contributed by atoms with Gasteiger partial charge in [0.2, 0.25) is 5.91 Å². The number of piperazine rings is 1. The molecule has 2 aromatic heterocycles. The zero-order valence-corrected chi connectivity index (χ0v) is 21.3. The van der Waals surface area contributed by atoms with Gasteiger partial charge in [-0.05, 0) is 51.9 Å². The number of nitrogens with zero attached hydrogens (tertiary/aromatic N) is 6. The molecule has 188 valence electrons. The van der Waals surface area contributed by atoms with E-state index in [-0.39, 0.29) is 11.5 Å². The zero-order chi connectivity index (χ0) is 24.9. The lowest BCUT2D eigenvalue weighted by molar-refractivity contribution is -0.124. The van der Waals surface area contributed by atoms with Crippen LogP contribution >= 0.6 is 0 Å². The molecule has 0 spiro atoms. The average molecular weight is 480 g/mol. The van der Waals surface area contributed by atoms with Crippen molar-refractivity contribution in [2.75, 3.05) is 45.8 Å². The third-order valence-electron chi connectivity index (χ3n) is 6.99. The minimum absolute atomic E-state index is 0.162. The van der Waals surface area contributed by atoms with E-state index in [1.165, 1.54) is 4.68 Å². The fourth-order valence-electron chi connectivity index (χ4n) is 4.84. The van der Waals surface area contributed by atoms with E-state index in [0.29, 0.717) is 29.6 Å². The molecule has 3 heterocycles. The Bertz CT molecular complexity index is 1210. The summed E-state index contributed by atoms with van der Waals surface area (Å²) in [5.41, 5.74) is 2.56. The molecule has 0 bridgehead atoms. The van der Waals surface area contributed by atoms with Crippen LogP contribution in [0.1, 0.15) is 44.1 Å². The van der Waals surface area contributed by atoms with Gasteiger partial charge in [0.05, 0.1) is 22.5 Å². The highest BCUT2D eigenvalue weighted by molar-refractivity contribution is 5.84. The van der Waals surface area contributed by atoms with Crippen molar-refractivity contribution in [3.05, 3.63) is 52.1 Å². The van der Waals surface area contributed by atoms with Crippen LogP contribution in [0.15, 0.2) is 35.1 Å². The van der Waals surface area contributed by atoms with E-state index in [9.17, 15) is 9.59 Å². The third kappa shape index (κ3) is 5.31. The summed E-state index contributed by atoms with van der Waals surface area (Å²) >= 11 is 0. The number of nitrogens with one attached hydrogen (secondary N) is 1. The van der Waals surface area contributed by atoms with E-state index < -0.39 is 6.04 Å². The highest BCUT2D eigenvalue weighted by Gasteiger charge is 2.25. The van der Waals surface area contributed by atoms with Crippen LogP contribution in [-0.4, -0.2) is 81.1 Å². The molecule has 1 aliphatic rings. The fourth-order valence-corrected chi connectivity index (χ4v) is 4.84. The van der Waals surface area contributed by atoms with Crippen molar-refractivity contribution in [2.24, 2.45) is 0 Å².